The molecule has 2 rings (SSSR count). The van der Waals surface area contributed by atoms with Crippen molar-refractivity contribution in [3.63, 3.8) is 0 Å². The van der Waals surface area contributed by atoms with Gasteiger partial charge in [-0.15, -0.1) is 0 Å². The number of hydrogen-bond donors (Lipinski definition) is 2. The first-order chi connectivity index (χ1) is 11.0. The predicted molar refractivity (Wildman–Crippen MR) is 86.8 cm³/mol. The number of rotatable bonds is 5. The van der Waals surface area contributed by atoms with Crippen LogP contribution in [0.5, 0.6) is 0 Å². The maximum atomic E-state index is 13.9. The zero-order valence-corrected chi connectivity index (χ0v) is 14.3. The number of amides is 4. The first-order valence-corrected chi connectivity index (χ1v) is 7.70. The summed E-state index contributed by atoms with van der Waals surface area (Å²) in [5.74, 6) is -1.26. The van der Waals surface area contributed by atoms with Crippen LogP contribution in [0.4, 0.5) is 9.18 Å². The second-order valence-corrected chi connectivity index (χ2v) is 7.09. The van der Waals surface area contributed by atoms with Gasteiger partial charge < -0.3 is 10.6 Å². The van der Waals surface area contributed by atoms with Crippen molar-refractivity contribution in [2.24, 2.45) is 0 Å². The Bertz CT molecular complexity index is 685. The van der Waals surface area contributed by atoms with Crippen LogP contribution in [0.1, 0.15) is 33.3 Å². The number of benzene rings is 1. The molecule has 0 aliphatic carbocycles. The monoisotopic (exact) mass is 335 g/mol. The van der Waals surface area contributed by atoms with Crippen LogP contribution in [0, 0.1) is 5.82 Å². The van der Waals surface area contributed by atoms with Crippen LogP contribution in [0.25, 0.3) is 0 Å². The molecule has 0 bridgehead atoms. The second kappa shape index (κ2) is 6.22. The van der Waals surface area contributed by atoms with E-state index in [2.05, 4.69) is 10.6 Å². The lowest BCUT2D eigenvalue weighted by molar-refractivity contribution is -0.134. The maximum absolute atomic E-state index is 13.9. The average Bonchev–Trinajstić information content (AvgIpc) is 2.67. The van der Waals surface area contributed by atoms with Crippen LogP contribution in [0.3, 0.4) is 0 Å². The fourth-order valence-corrected chi connectivity index (χ4v) is 2.59. The molecule has 0 aromatic heterocycles. The maximum Gasteiger partial charge on any atom is 0.325 e. The average molecular weight is 335 g/mol. The van der Waals surface area contributed by atoms with Crippen molar-refractivity contribution in [1.82, 2.24) is 15.5 Å². The lowest BCUT2D eigenvalue weighted by Gasteiger charge is -2.26. The normalized spacial score (nSPS) is 17.0. The fourth-order valence-electron chi connectivity index (χ4n) is 2.59. The first-order valence-electron chi connectivity index (χ1n) is 7.70. The molecule has 0 spiro atoms. The van der Waals surface area contributed by atoms with Gasteiger partial charge >= 0.3 is 6.03 Å². The highest BCUT2D eigenvalue weighted by Gasteiger charge is 2.44. The van der Waals surface area contributed by atoms with Crippen LogP contribution in [0.2, 0.25) is 0 Å². The molecule has 0 saturated carbocycles. The third-order valence-corrected chi connectivity index (χ3v) is 4.08. The Labute approximate surface area is 140 Å². The van der Waals surface area contributed by atoms with Crippen LogP contribution in [-0.2, 0) is 15.0 Å². The largest absolute Gasteiger partial charge is 0.354 e. The highest BCUT2D eigenvalue weighted by Crippen LogP contribution is 2.24. The predicted octanol–water partition coefficient (Wildman–Crippen LogP) is 1.55. The number of carbonyl (C=O) groups excluding carboxylic acids is 3. The van der Waals surface area contributed by atoms with Gasteiger partial charge in [-0.3, -0.25) is 14.5 Å². The molecule has 6 nitrogen and oxygen atoms in total. The molecule has 2 N–H and O–H groups in total. The smallest absolute Gasteiger partial charge is 0.325 e. The molecular weight excluding hydrogens is 313 g/mol. The number of carbonyl (C=O) groups is 3. The minimum atomic E-state index is -1.01. The van der Waals surface area contributed by atoms with E-state index in [-0.39, 0.29) is 18.9 Å². The quantitative estimate of drug-likeness (QED) is 0.802. The Morgan fingerprint density at radius 2 is 1.92 bits per heavy atom. The molecule has 24 heavy (non-hydrogen) atoms. The van der Waals surface area contributed by atoms with E-state index >= 15 is 0 Å². The fraction of sp³-hybridized carbons (Fsp3) is 0.471. The molecule has 7 heteroatoms. The van der Waals surface area contributed by atoms with E-state index in [1.165, 1.54) is 6.07 Å². The highest BCUT2D eigenvalue weighted by molar-refractivity contribution is 6.08. The Morgan fingerprint density at radius 3 is 2.46 bits per heavy atom. The molecule has 0 radical (unpaired) electrons. The zero-order chi connectivity index (χ0) is 18.1. The van der Waals surface area contributed by atoms with Gasteiger partial charge in [0.1, 0.15) is 17.9 Å². The minimum Gasteiger partial charge on any atom is -0.354 e. The number of halogens is 1. The third kappa shape index (κ3) is 3.55. The Hall–Kier alpha value is -2.44. The van der Waals surface area contributed by atoms with Gasteiger partial charge in [-0.25, -0.2) is 9.18 Å². The van der Waals surface area contributed by atoms with Crippen LogP contribution >= 0.6 is 0 Å². The van der Waals surface area contributed by atoms with E-state index in [0.717, 1.165) is 4.90 Å². The summed E-state index contributed by atoms with van der Waals surface area (Å²) in [6.45, 7) is 6.59. The van der Waals surface area contributed by atoms with Gasteiger partial charge in [0.15, 0.2) is 0 Å². The molecule has 4 amide bonds. The number of nitrogens with zero attached hydrogens (tertiary/aromatic N) is 1. The van der Waals surface area contributed by atoms with E-state index in [1.54, 1.807) is 32.0 Å². The van der Waals surface area contributed by atoms with E-state index in [1.807, 2.05) is 13.8 Å². The lowest BCUT2D eigenvalue weighted by atomic mass is 9.84. The molecule has 1 fully saturated rings. The van der Waals surface area contributed by atoms with Gasteiger partial charge in [-0.2, -0.15) is 0 Å². The molecule has 1 aliphatic rings. The SMILES string of the molecule is CC1(C)NC(=O)N(CC(=O)NCC(C)(C)c2ccccc2F)C1=O. The number of urea groups is 1. The topological polar surface area (TPSA) is 78.5 Å². The molecule has 1 heterocycles. The number of nitrogens with one attached hydrogen (secondary N) is 2. The summed E-state index contributed by atoms with van der Waals surface area (Å²) in [6, 6.07) is 5.79. The van der Waals surface area contributed by atoms with Crippen molar-refractivity contribution >= 4 is 17.8 Å². The Balaban J connectivity index is 1.98. The van der Waals surface area contributed by atoms with Crippen molar-refractivity contribution in [2.45, 2.75) is 38.6 Å². The summed E-state index contributed by atoms with van der Waals surface area (Å²) in [5.41, 5.74) is -1.15. The van der Waals surface area contributed by atoms with E-state index in [4.69, 9.17) is 0 Å². The van der Waals surface area contributed by atoms with E-state index in [9.17, 15) is 18.8 Å². The van der Waals surface area contributed by atoms with Gasteiger partial charge in [0.25, 0.3) is 5.91 Å². The summed E-state index contributed by atoms with van der Waals surface area (Å²) in [5, 5.41) is 5.18. The Morgan fingerprint density at radius 1 is 1.29 bits per heavy atom. The summed E-state index contributed by atoms with van der Waals surface area (Å²) in [7, 11) is 0. The van der Waals surface area contributed by atoms with Crippen molar-refractivity contribution in [2.75, 3.05) is 13.1 Å². The molecule has 1 aliphatic heterocycles. The second-order valence-electron chi connectivity index (χ2n) is 7.09. The number of hydrogen-bond acceptors (Lipinski definition) is 3. The van der Waals surface area contributed by atoms with Crippen LogP contribution in [-0.4, -0.2) is 41.4 Å². The summed E-state index contributed by atoms with van der Waals surface area (Å²) < 4.78 is 13.9. The van der Waals surface area contributed by atoms with Crippen molar-refractivity contribution in [3.05, 3.63) is 35.6 Å². The van der Waals surface area contributed by atoms with Gasteiger partial charge in [0, 0.05) is 12.0 Å². The molecular formula is C17H22FN3O3. The molecule has 1 saturated heterocycles. The van der Waals surface area contributed by atoms with Crippen molar-refractivity contribution in [3.8, 4) is 0 Å². The third-order valence-electron chi connectivity index (χ3n) is 4.08. The summed E-state index contributed by atoms with van der Waals surface area (Å²) in [6.07, 6.45) is 0. The van der Waals surface area contributed by atoms with Gasteiger partial charge in [-0.1, -0.05) is 32.0 Å². The van der Waals surface area contributed by atoms with Crippen LogP contribution in [0.15, 0.2) is 24.3 Å². The molecule has 1 aromatic rings. The van der Waals surface area contributed by atoms with E-state index < -0.39 is 28.8 Å². The molecule has 130 valence electrons. The zero-order valence-electron chi connectivity index (χ0n) is 14.3. The molecule has 0 atom stereocenters. The lowest BCUT2D eigenvalue weighted by Crippen LogP contribution is -2.45. The van der Waals surface area contributed by atoms with E-state index in [0.29, 0.717) is 5.56 Å². The summed E-state index contributed by atoms with van der Waals surface area (Å²) >= 11 is 0. The molecule has 1 aromatic carbocycles. The van der Waals surface area contributed by atoms with Gasteiger partial charge in [0.2, 0.25) is 5.91 Å². The van der Waals surface area contributed by atoms with Crippen molar-refractivity contribution < 1.29 is 18.8 Å². The first kappa shape index (κ1) is 17.9. The van der Waals surface area contributed by atoms with Gasteiger partial charge in [0.05, 0.1) is 0 Å². The van der Waals surface area contributed by atoms with Crippen molar-refractivity contribution in [1.29, 1.82) is 0 Å². The highest BCUT2D eigenvalue weighted by atomic mass is 19.1. The molecule has 0 unspecified atom stereocenters. The van der Waals surface area contributed by atoms with Crippen LogP contribution < -0.4 is 10.6 Å². The standard InChI is InChI=1S/C17H22FN3O3/c1-16(2,11-7-5-6-8-12(11)18)10-19-13(22)9-21-14(23)17(3,4)20-15(21)24/h5-8H,9-10H2,1-4H3,(H,19,22)(H,20,24). The minimum absolute atomic E-state index is 0.180. The number of imide groups is 1. The Kier molecular flexibility index (Phi) is 4.64. The van der Waals surface area contributed by atoms with Gasteiger partial charge in [-0.05, 0) is 25.5 Å². The summed E-state index contributed by atoms with van der Waals surface area (Å²) in [4.78, 5) is 36.8.